The SMILES string of the molecule is [B]CCC(=O)N1CCSc2ccc(OC)cc2C1. The second kappa shape index (κ2) is 6.18. The highest BCUT2D eigenvalue weighted by atomic mass is 32.2. The molecule has 0 N–H and O–H groups in total. The van der Waals surface area contributed by atoms with E-state index in [1.165, 1.54) is 4.90 Å². The molecule has 1 aliphatic rings. The fourth-order valence-corrected chi connectivity index (χ4v) is 3.00. The topological polar surface area (TPSA) is 29.5 Å². The largest absolute Gasteiger partial charge is 0.497 e. The number of ether oxygens (including phenoxy) is 1. The zero-order valence-corrected chi connectivity index (χ0v) is 11.3. The van der Waals surface area contributed by atoms with Crippen molar-refractivity contribution < 1.29 is 9.53 Å². The molecule has 0 spiro atoms. The number of hydrogen-bond donors (Lipinski definition) is 0. The Morgan fingerprint density at radius 3 is 3.11 bits per heavy atom. The maximum Gasteiger partial charge on any atom is 0.222 e. The fourth-order valence-electron chi connectivity index (χ4n) is 1.99. The minimum absolute atomic E-state index is 0.133. The Bertz CT molecular complexity index is 439. The molecule has 94 valence electrons. The number of rotatable bonds is 3. The molecule has 1 aliphatic heterocycles. The summed E-state index contributed by atoms with van der Waals surface area (Å²) in [5.74, 6) is 1.89. The van der Waals surface area contributed by atoms with Crippen LogP contribution in [0.5, 0.6) is 5.75 Å². The molecule has 2 radical (unpaired) electrons. The van der Waals surface area contributed by atoms with Gasteiger partial charge in [0.25, 0.3) is 0 Å². The summed E-state index contributed by atoms with van der Waals surface area (Å²) < 4.78 is 5.23. The molecule has 0 fully saturated rings. The third kappa shape index (κ3) is 3.02. The van der Waals surface area contributed by atoms with Gasteiger partial charge in [0, 0.05) is 30.2 Å². The van der Waals surface area contributed by atoms with E-state index in [4.69, 9.17) is 12.6 Å². The molecule has 1 aromatic carbocycles. The summed E-state index contributed by atoms with van der Waals surface area (Å²) in [5.41, 5.74) is 1.15. The van der Waals surface area contributed by atoms with Crippen LogP contribution in [0, 0.1) is 0 Å². The van der Waals surface area contributed by atoms with Gasteiger partial charge >= 0.3 is 0 Å². The molecule has 0 aliphatic carbocycles. The highest BCUT2D eigenvalue weighted by Crippen LogP contribution is 2.30. The highest BCUT2D eigenvalue weighted by Gasteiger charge is 2.18. The first-order valence-electron chi connectivity index (χ1n) is 6.02. The standard InChI is InChI=1S/C13H16BNO2S/c1-17-11-2-3-12-10(8-11)9-15(6-7-18-12)13(16)4-5-14/h2-3,8H,4-7,9H2,1H3. The van der Waals surface area contributed by atoms with E-state index >= 15 is 0 Å². The van der Waals surface area contributed by atoms with E-state index in [-0.39, 0.29) is 5.91 Å². The number of carbonyl (C=O) groups is 1. The van der Waals surface area contributed by atoms with Crippen molar-refractivity contribution in [1.29, 1.82) is 0 Å². The quantitative estimate of drug-likeness (QED) is 0.780. The average Bonchev–Trinajstić information content (AvgIpc) is 2.60. The molecule has 3 nitrogen and oxygen atoms in total. The first-order chi connectivity index (χ1) is 8.74. The molecular formula is C13H16BNO2S. The van der Waals surface area contributed by atoms with Crippen LogP contribution in [0.15, 0.2) is 23.1 Å². The van der Waals surface area contributed by atoms with E-state index in [0.717, 1.165) is 23.6 Å². The van der Waals surface area contributed by atoms with Crippen molar-refractivity contribution in [3.05, 3.63) is 23.8 Å². The van der Waals surface area contributed by atoms with Crippen molar-refractivity contribution in [3.8, 4) is 5.75 Å². The van der Waals surface area contributed by atoms with Gasteiger partial charge in [0.05, 0.1) is 15.0 Å². The number of amides is 1. The van der Waals surface area contributed by atoms with Gasteiger partial charge in [0.2, 0.25) is 5.91 Å². The Hall–Kier alpha value is -1.10. The summed E-state index contributed by atoms with van der Waals surface area (Å²) in [6.07, 6.45) is 0.831. The van der Waals surface area contributed by atoms with Crippen molar-refractivity contribution in [2.45, 2.75) is 24.2 Å². The van der Waals surface area contributed by atoms with Crippen LogP contribution in [0.1, 0.15) is 12.0 Å². The minimum atomic E-state index is 0.133. The zero-order valence-electron chi connectivity index (χ0n) is 10.5. The Kier molecular flexibility index (Phi) is 4.58. The molecule has 0 aromatic heterocycles. The molecule has 18 heavy (non-hydrogen) atoms. The van der Waals surface area contributed by atoms with Crippen LogP contribution in [-0.2, 0) is 11.3 Å². The van der Waals surface area contributed by atoms with Crippen LogP contribution in [0.2, 0.25) is 6.32 Å². The number of hydrogen-bond acceptors (Lipinski definition) is 3. The van der Waals surface area contributed by atoms with Crippen LogP contribution in [0.3, 0.4) is 0 Å². The summed E-state index contributed by atoms with van der Waals surface area (Å²) >= 11 is 1.79. The number of carbonyl (C=O) groups excluding carboxylic acids is 1. The Morgan fingerprint density at radius 2 is 2.39 bits per heavy atom. The normalized spacial score (nSPS) is 14.8. The van der Waals surface area contributed by atoms with E-state index in [2.05, 4.69) is 6.07 Å². The second-order valence-electron chi connectivity index (χ2n) is 4.18. The smallest absolute Gasteiger partial charge is 0.222 e. The number of nitrogens with zero attached hydrogens (tertiary/aromatic N) is 1. The van der Waals surface area contributed by atoms with Crippen molar-refractivity contribution in [2.75, 3.05) is 19.4 Å². The molecule has 1 heterocycles. The van der Waals surface area contributed by atoms with Crippen molar-refractivity contribution in [3.63, 3.8) is 0 Å². The van der Waals surface area contributed by atoms with Gasteiger partial charge in [-0.15, -0.1) is 11.8 Å². The predicted molar refractivity (Wildman–Crippen MR) is 74.3 cm³/mol. The van der Waals surface area contributed by atoms with Gasteiger partial charge in [0.1, 0.15) is 5.75 Å². The third-order valence-corrected chi connectivity index (χ3v) is 4.05. The molecule has 1 aromatic rings. The summed E-state index contributed by atoms with van der Waals surface area (Å²) in [7, 11) is 7.10. The van der Waals surface area contributed by atoms with Crippen LogP contribution in [0.25, 0.3) is 0 Å². The third-order valence-electron chi connectivity index (χ3n) is 2.96. The van der Waals surface area contributed by atoms with Crippen LogP contribution in [0.4, 0.5) is 0 Å². The lowest BCUT2D eigenvalue weighted by Crippen LogP contribution is -2.31. The van der Waals surface area contributed by atoms with Crippen LogP contribution >= 0.6 is 11.8 Å². The molecule has 2 rings (SSSR count). The van der Waals surface area contributed by atoms with Crippen molar-refractivity contribution in [2.24, 2.45) is 0 Å². The number of thioether (sulfide) groups is 1. The van der Waals surface area contributed by atoms with Gasteiger partial charge in [-0.25, -0.2) is 0 Å². The second-order valence-corrected chi connectivity index (χ2v) is 5.31. The minimum Gasteiger partial charge on any atom is -0.497 e. The fraction of sp³-hybridized carbons (Fsp3) is 0.462. The number of methoxy groups -OCH3 is 1. The first kappa shape index (κ1) is 13.3. The van der Waals surface area contributed by atoms with E-state index in [9.17, 15) is 4.79 Å². The highest BCUT2D eigenvalue weighted by molar-refractivity contribution is 7.99. The molecule has 0 saturated carbocycles. The summed E-state index contributed by atoms with van der Waals surface area (Å²) in [5, 5.41) is 0. The Morgan fingerprint density at radius 1 is 1.56 bits per heavy atom. The van der Waals surface area contributed by atoms with Gasteiger partial charge in [-0.3, -0.25) is 4.79 Å². The Balaban J connectivity index is 2.19. The monoisotopic (exact) mass is 261 g/mol. The van der Waals surface area contributed by atoms with E-state index in [0.29, 0.717) is 19.3 Å². The lowest BCUT2D eigenvalue weighted by molar-refractivity contribution is -0.131. The molecule has 1 amide bonds. The zero-order chi connectivity index (χ0) is 13.0. The van der Waals surface area contributed by atoms with E-state index < -0.39 is 0 Å². The van der Waals surface area contributed by atoms with Crippen LogP contribution in [-0.4, -0.2) is 38.1 Å². The molecular weight excluding hydrogens is 245 g/mol. The van der Waals surface area contributed by atoms with E-state index in [1.54, 1.807) is 18.9 Å². The van der Waals surface area contributed by atoms with Gasteiger partial charge in [-0.05, 0) is 23.8 Å². The van der Waals surface area contributed by atoms with Crippen molar-refractivity contribution in [1.82, 2.24) is 4.90 Å². The lowest BCUT2D eigenvalue weighted by Gasteiger charge is -2.20. The molecule has 5 heteroatoms. The maximum absolute atomic E-state index is 11.9. The van der Waals surface area contributed by atoms with Crippen molar-refractivity contribution >= 4 is 25.5 Å². The summed E-state index contributed by atoms with van der Waals surface area (Å²) in [4.78, 5) is 15.0. The first-order valence-corrected chi connectivity index (χ1v) is 7.00. The number of benzene rings is 1. The van der Waals surface area contributed by atoms with Gasteiger partial charge in [-0.2, -0.15) is 0 Å². The lowest BCUT2D eigenvalue weighted by atomic mass is 10.0. The average molecular weight is 261 g/mol. The summed E-state index contributed by atoms with van der Waals surface area (Å²) in [6, 6.07) is 6.04. The van der Waals surface area contributed by atoms with Gasteiger partial charge in [0.15, 0.2) is 0 Å². The van der Waals surface area contributed by atoms with E-state index in [1.807, 2.05) is 17.0 Å². The number of fused-ring (bicyclic) bond motifs is 1. The summed E-state index contributed by atoms with van der Waals surface area (Å²) in [6.45, 7) is 1.43. The molecule has 0 bridgehead atoms. The Labute approximate surface area is 113 Å². The molecule has 0 saturated heterocycles. The maximum atomic E-state index is 11.9. The van der Waals surface area contributed by atoms with Crippen LogP contribution < -0.4 is 4.74 Å². The predicted octanol–water partition coefficient (Wildman–Crippen LogP) is 2.11. The molecule has 0 atom stereocenters. The molecule has 0 unspecified atom stereocenters. The van der Waals surface area contributed by atoms with Gasteiger partial charge in [-0.1, -0.05) is 6.32 Å². The van der Waals surface area contributed by atoms with Gasteiger partial charge < -0.3 is 9.64 Å².